The van der Waals surface area contributed by atoms with Gasteiger partial charge in [0, 0.05) is 0 Å². The first-order valence-corrected chi connectivity index (χ1v) is 3.62. The molecule has 0 saturated carbocycles. The average Bonchev–Trinajstić information content (AvgIpc) is 2.10. The highest BCUT2D eigenvalue weighted by Crippen LogP contribution is 2.13. The van der Waals surface area contributed by atoms with Gasteiger partial charge in [-0.15, -0.1) is 12.6 Å². The summed E-state index contributed by atoms with van der Waals surface area (Å²) < 4.78 is 0.619. The third-order valence-electron chi connectivity index (χ3n) is 0.921. The van der Waals surface area contributed by atoms with Crippen LogP contribution in [0.3, 0.4) is 0 Å². The van der Waals surface area contributed by atoms with Crippen LogP contribution in [0.25, 0.3) is 0 Å². The molecule has 1 aromatic rings. The van der Waals surface area contributed by atoms with Crippen molar-refractivity contribution in [2.75, 3.05) is 0 Å². The SMILES string of the molecule is Oc1[nH]c(=S)[nH]c1C(=S)S. The molecule has 1 aromatic heterocycles. The van der Waals surface area contributed by atoms with E-state index in [4.69, 9.17) is 5.11 Å². The van der Waals surface area contributed by atoms with Crippen molar-refractivity contribution < 1.29 is 5.11 Å². The van der Waals surface area contributed by atoms with E-state index in [0.29, 0.717) is 10.5 Å². The Kier molecular flexibility index (Phi) is 2.12. The van der Waals surface area contributed by atoms with Crippen LogP contribution >= 0.6 is 37.1 Å². The van der Waals surface area contributed by atoms with Gasteiger partial charge >= 0.3 is 0 Å². The van der Waals surface area contributed by atoms with Crippen molar-refractivity contribution >= 4 is 41.3 Å². The molecular formula is C4H4N2OS3. The number of aromatic hydroxyl groups is 1. The predicted molar refractivity (Wildman–Crippen MR) is 48.3 cm³/mol. The highest BCUT2D eigenvalue weighted by Gasteiger charge is 2.04. The number of hydrogen-bond donors (Lipinski definition) is 4. The number of thiol groups is 1. The number of nitrogens with one attached hydrogen (secondary N) is 2. The van der Waals surface area contributed by atoms with Gasteiger partial charge in [0.1, 0.15) is 5.69 Å². The van der Waals surface area contributed by atoms with Gasteiger partial charge in [0.15, 0.2) is 4.77 Å². The molecule has 0 fully saturated rings. The Hall–Kier alpha value is -0.330. The summed E-state index contributed by atoms with van der Waals surface area (Å²) in [7, 11) is 0. The Balaban J connectivity index is 3.28. The van der Waals surface area contributed by atoms with Gasteiger partial charge in [-0.1, -0.05) is 12.2 Å². The van der Waals surface area contributed by atoms with E-state index in [2.05, 4.69) is 47.0 Å². The van der Waals surface area contributed by atoms with Crippen LogP contribution < -0.4 is 0 Å². The van der Waals surface area contributed by atoms with Crippen molar-refractivity contribution in [2.45, 2.75) is 0 Å². The van der Waals surface area contributed by atoms with E-state index in [0.717, 1.165) is 0 Å². The number of thiocarbonyl (C=S) groups is 1. The summed E-state index contributed by atoms with van der Waals surface area (Å²) >= 11 is 13.2. The van der Waals surface area contributed by atoms with Crippen molar-refractivity contribution in [1.29, 1.82) is 0 Å². The fourth-order valence-electron chi connectivity index (χ4n) is 0.529. The third kappa shape index (κ3) is 1.39. The molecule has 1 rings (SSSR count). The number of H-pyrrole nitrogens is 2. The summed E-state index contributed by atoms with van der Waals surface area (Å²) in [5.74, 6) is -0.0648. The highest BCUT2D eigenvalue weighted by atomic mass is 32.1. The van der Waals surface area contributed by atoms with Crippen LogP contribution in [0.1, 0.15) is 5.69 Å². The first-order valence-electron chi connectivity index (χ1n) is 2.36. The number of imidazole rings is 1. The second kappa shape index (κ2) is 2.73. The van der Waals surface area contributed by atoms with E-state index in [1.807, 2.05) is 0 Å². The molecule has 1 heterocycles. The molecule has 0 aliphatic rings. The van der Waals surface area contributed by atoms with Crippen LogP contribution in [-0.2, 0) is 0 Å². The second-order valence-corrected chi connectivity index (χ2v) is 3.17. The molecule has 0 aliphatic heterocycles. The maximum Gasteiger partial charge on any atom is 0.217 e. The van der Waals surface area contributed by atoms with E-state index in [1.54, 1.807) is 0 Å². The van der Waals surface area contributed by atoms with Gasteiger partial charge in [0.25, 0.3) is 0 Å². The summed E-state index contributed by atoms with van der Waals surface area (Å²) in [6, 6.07) is 0. The van der Waals surface area contributed by atoms with Gasteiger partial charge in [-0.25, -0.2) is 0 Å². The smallest absolute Gasteiger partial charge is 0.217 e. The molecule has 0 aliphatic carbocycles. The molecule has 3 N–H and O–H groups in total. The summed E-state index contributed by atoms with van der Waals surface area (Å²) in [6.45, 7) is 0. The van der Waals surface area contributed by atoms with Crippen molar-refractivity contribution in [3.8, 4) is 5.88 Å². The minimum absolute atomic E-state index is 0.0648. The molecule has 0 unspecified atom stereocenters. The van der Waals surface area contributed by atoms with Crippen molar-refractivity contribution in [3.05, 3.63) is 10.5 Å². The van der Waals surface area contributed by atoms with Gasteiger partial charge in [0.2, 0.25) is 5.88 Å². The molecular weight excluding hydrogens is 188 g/mol. The Labute approximate surface area is 72.9 Å². The molecule has 54 valence electrons. The lowest BCUT2D eigenvalue weighted by Crippen LogP contribution is -1.86. The van der Waals surface area contributed by atoms with Crippen LogP contribution in [0.15, 0.2) is 0 Å². The van der Waals surface area contributed by atoms with E-state index in [9.17, 15) is 0 Å². The average molecular weight is 192 g/mol. The highest BCUT2D eigenvalue weighted by molar-refractivity contribution is 8.11. The van der Waals surface area contributed by atoms with Crippen molar-refractivity contribution in [3.63, 3.8) is 0 Å². The zero-order chi connectivity index (χ0) is 7.72. The molecule has 0 bridgehead atoms. The van der Waals surface area contributed by atoms with Gasteiger partial charge in [0.05, 0.1) is 4.20 Å². The van der Waals surface area contributed by atoms with Crippen LogP contribution in [0.2, 0.25) is 0 Å². The van der Waals surface area contributed by atoms with E-state index < -0.39 is 0 Å². The summed E-state index contributed by atoms with van der Waals surface area (Å²) in [6.07, 6.45) is 0. The molecule has 0 spiro atoms. The molecule has 0 radical (unpaired) electrons. The monoisotopic (exact) mass is 192 g/mol. The maximum absolute atomic E-state index is 9.01. The number of hydrogen-bond acceptors (Lipinski definition) is 3. The lowest BCUT2D eigenvalue weighted by atomic mass is 10.5. The van der Waals surface area contributed by atoms with Gasteiger partial charge in [-0.2, -0.15) is 0 Å². The van der Waals surface area contributed by atoms with Crippen molar-refractivity contribution in [2.24, 2.45) is 0 Å². The maximum atomic E-state index is 9.01. The number of aromatic nitrogens is 2. The third-order valence-corrected chi connectivity index (χ3v) is 1.55. The molecule has 0 saturated heterocycles. The zero-order valence-corrected chi connectivity index (χ0v) is 7.24. The van der Waals surface area contributed by atoms with Crippen LogP contribution in [0.5, 0.6) is 5.88 Å². The fourth-order valence-corrected chi connectivity index (χ4v) is 1.04. The summed E-state index contributed by atoms with van der Waals surface area (Å²) in [5, 5.41) is 9.01. The Bertz CT molecular complexity index is 313. The predicted octanol–water partition coefficient (Wildman–Crippen LogP) is 1.38. The summed E-state index contributed by atoms with van der Waals surface area (Å²) in [5.41, 5.74) is 0.364. The fraction of sp³-hybridized carbons (Fsp3) is 0. The quantitative estimate of drug-likeness (QED) is 0.402. The van der Waals surface area contributed by atoms with Crippen LogP contribution in [0.4, 0.5) is 0 Å². The number of rotatable bonds is 1. The Morgan fingerprint density at radius 3 is 2.30 bits per heavy atom. The second-order valence-electron chi connectivity index (χ2n) is 1.61. The number of aromatic amines is 2. The standard InChI is InChI=1S/C4H4N2OS3/c7-2-1(3(8)9)5-4(10)6-2/h7H,(H,8,9)(H2,5,6,10). The first kappa shape index (κ1) is 7.77. The van der Waals surface area contributed by atoms with Gasteiger partial charge < -0.3 is 15.1 Å². The normalized spacial score (nSPS) is 9.70. The van der Waals surface area contributed by atoms with E-state index in [-0.39, 0.29) is 10.1 Å². The van der Waals surface area contributed by atoms with Crippen LogP contribution in [-0.4, -0.2) is 19.3 Å². The largest absolute Gasteiger partial charge is 0.493 e. The topological polar surface area (TPSA) is 51.8 Å². The molecule has 0 aromatic carbocycles. The molecule has 3 nitrogen and oxygen atoms in total. The molecule has 0 atom stereocenters. The first-order chi connectivity index (χ1) is 4.61. The Morgan fingerprint density at radius 2 is 2.10 bits per heavy atom. The lowest BCUT2D eigenvalue weighted by molar-refractivity contribution is 0.455. The Morgan fingerprint density at radius 1 is 1.50 bits per heavy atom. The minimum atomic E-state index is -0.0648. The van der Waals surface area contributed by atoms with E-state index in [1.165, 1.54) is 0 Å². The van der Waals surface area contributed by atoms with Crippen LogP contribution in [0, 0.1) is 4.77 Å². The lowest BCUT2D eigenvalue weighted by Gasteiger charge is -1.88. The van der Waals surface area contributed by atoms with Gasteiger partial charge in [-0.3, -0.25) is 0 Å². The van der Waals surface area contributed by atoms with E-state index >= 15 is 0 Å². The summed E-state index contributed by atoms with van der Waals surface area (Å²) in [4.78, 5) is 5.10. The molecule has 6 heteroatoms. The van der Waals surface area contributed by atoms with Gasteiger partial charge in [-0.05, 0) is 12.2 Å². The zero-order valence-electron chi connectivity index (χ0n) is 4.71. The minimum Gasteiger partial charge on any atom is -0.493 e. The molecule has 10 heavy (non-hydrogen) atoms. The van der Waals surface area contributed by atoms with Crippen molar-refractivity contribution in [1.82, 2.24) is 9.97 Å². The molecule has 0 amide bonds.